The molecule has 0 aliphatic heterocycles. The number of nitrogens with one attached hydrogen (secondary N) is 2. The number of hydrogen-bond acceptors (Lipinski definition) is 3. The zero-order valence-corrected chi connectivity index (χ0v) is 9.84. The first-order chi connectivity index (χ1) is 8.79. The Morgan fingerprint density at radius 2 is 2.11 bits per heavy atom. The van der Waals surface area contributed by atoms with Gasteiger partial charge in [-0.15, -0.1) is 0 Å². The number of aliphatic hydroxyl groups is 1. The molecule has 1 aromatic carbocycles. The second-order valence-corrected chi connectivity index (χ2v) is 4.01. The highest BCUT2D eigenvalue weighted by Crippen LogP contribution is 2.03. The van der Waals surface area contributed by atoms with Crippen molar-refractivity contribution in [3.8, 4) is 0 Å². The summed E-state index contributed by atoms with van der Waals surface area (Å²) < 4.78 is 0. The van der Waals surface area contributed by atoms with E-state index in [4.69, 9.17) is 0 Å². The SMILES string of the molecule is O=C(N[C@@H](CO)Cc1ccccc1)c1ccn[nH]1. The number of aliphatic hydroxyl groups excluding tert-OH is 1. The Bertz CT molecular complexity index is 482. The average Bonchev–Trinajstić information content (AvgIpc) is 2.93. The summed E-state index contributed by atoms with van der Waals surface area (Å²) in [5.41, 5.74) is 1.46. The predicted molar refractivity (Wildman–Crippen MR) is 67.1 cm³/mol. The van der Waals surface area contributed by atoms with Crippen molar-refractivity contribution in [3.63, 3.8) is 0 Å². The minimum atomic E-state index is -0.303. The molecule has 2 rings (SSSR count). The Balaban J connectivity index is 1.96. The van der Waals surface area contributed by atoms with E-state index in [2.05, 4.69) is 15.5 Å². The van der Waals surface area contributed by atoms with Gasteiger partial charge in [-0.25, -0.2) is 0 Å². The number of hydrogen-bond donors (Lipinski definition) is 3. The largest absolute Gasteiger partial charge is 0.394 e. The summed E-state index contributed by atoms with van der Waals surface area (Å²) in [5.74, 6) is -0.262. The van der Waals surface area contributed by atoms with Gasteiger partial charge in [0.2, 0.25) is 0 Å². The summed E-state index contributed by atoms with van der Waals surface area (Å²) in [6.45, 7) is -0.102. The third-order valence-electron chi connectivity index (χ3n) is 2.63. The quantitative estimate of drug-likeness (QED) is 0.727. The van der Waals surface area contributed by atoms with E-state index in [9.17, 15) is 9.90 Å². The van der Waals surface area contributed by atoms with Crippen LogP contribution in [0.15, 0.2) is 42.6 Å². The molecule has 0 spiro atoms. The zero-order valence-electron chi connectivity index (χ0n) is 9.84. The van der Waals surface area contributed by atoms with Gasteiger partial charge in [0.15, 0.2) is 0 Å². The third kappa shape index (κ3) is 3.18. The molecule has 0 fully saturated rings. The lowest BCUT2D eigenvalue weighted by Gasteiger charge is -2.15. The first-order valence-corrected chi connectivity index (χ1v) is 5.74. The maximum atomic E-state index is 11.8. The van der Waals surface area contributed by atoms with Gasteiger partial charge in [-0.1, -0.05) is 30.3 Å². The Hall–Kier alpha value is -2.14. The van der Waals surface area contributed by atoms with E-state index < -0.39 is 0 Å². The van der Waals surface area contributed by atoms with Crippen molar-refractivity contribution in [3.05, 3.63) is 53.9 Å². The van der Waals surface area contributed by atoms with Crippen molar-refractivity contribution in [2.45, 2.75) is 12.5 Å². The van der Waals surface area contributed by atoms with Crippen molar-refractivity contribution < 1.29 is 9.90 Å². The number of carbonyl (C=O) groups is 1. The number of benzene rings is 1. The smallest absolute Gasteiger partial charge is 0.269 e. The van der Waals surface area contributed by atoms with Gasteiger partial charge >= 0.3 is 0 Å². The molecule has 0 bridgehead atoms. The minimum absolute atomic E-state index is 0.102. The summed E-state index contributed by atoms with van der Waals surface area (Å²) >= 11 is 0. The highest BCUT2D eigenvalue weighted by atomic mass is 16.3. The summed E-state index contributed by atoms with van der Waals surface area (Å²) in [4.78, 5) is 11.8. The molecular formula is C13H15N3O2. The van der Waals surface area contributed by atoms with E-state index in [1.165, 1.54) is 6.20 Å². The lowest BCUT2D eigenvalue weighted by Crippen LogP contribution is -2.39. The Labute approximate surface area is 105 Å². The van der Waals surface area contributed by atoms with E-state index in [0.717, 1.165) is 5.56 Å². The molecule has 1 heterocycles. The molecule has 1 aromatic heterocycles. The highest BCUT2D eigenvalue weighted by molar-refractivity contribution is 5.92. The molecule has 5 nitrogen and oxygen atoms in total. The first kappa shape index (κ1) is 12.3. The van der Waals surface area contributed by atoms with Crippen molar-refractivity contribution in [2.75, 3.05) is 6.61 Å². The molecule has 3 N–H and O–H groups in total. The molecule has 18 heavy (non-hydrogen) atoms. The molecule has 0 unspecified atom stereocenters. The molecular weight excluding hydrogens is 230 g/mol. The van der Waals surface area contributed by atoms with Crippen LogP contribution in [0.2, 0.25) is 0 Å². The minimum Gasteiger partial charge on any atom is -0.394 e. The zero-order chi connectivity index (χ0) is 12.8. The number of rotatable bonds is 5. The second kappa shape index (κ2) is 5.97. The van der Waals surface area contributed by atoms with E-state index in [-0.39, 0.29) is 18.6 Å². The number of nitrogens with zero attached hydrogens (tertiary/aromatic N) is 1. The Kier molecular flexibility index (Phi) is 4.09. The molecule has 5 heteroatoms. The lowest BCUT2D eigenvalue weighted by atomic mass is 10.1. The maximum absolute atomic E-state index is 11.8. The van der Waals surface area contributed by atoms with Crippen LogP contribution in [0.3, 0.4) is 0 Å². The molecule has 2 aromatic rings. The van der Waals surface area contributed by atoms with E-state index in [0.29, 0.717) is 12.1 Å². The third-order valence-corrected chi connectivity index (χ3v) is 2.63. The predicted octanol–water partition coefficient (Wildman–Crippen LogP) is 0.743. The van der Waals surface area contributed by atoms with Crippen LogP contribution in [0.4, 0.5) is 0 Å². The van der Waals surface area contributed by atoms with Crippen LogP contribution in [-0.4, -0.2) is 33.9 Å². The van der Waals surface area contributed by atoms with Crippen molar-refractivity contribution in [1.29, 1.82) is 0 Å². The summed E-state index contributed by atoms with van der Waals surface area (Å²) in [7, 11) is 0. The van der Waals surface area contributed by atoms with Gasteiger partial charge in [0.25, 0.3) is 5.91 Å². The van der Waals surface area contributed by atoms with Crippen LogP contribution >= 0.6 is 0 Å². The van der Waals surface area contributed by atoms with Crippen LogP contribution in [0.5, 0.6) is 0 Å². The fourth-order valence-electron chi connectivity index (χ4n) is 1.71. The van der Waals surface area contributed by atoms with E-state index in [1.807, 2.05) is 30.3 Å². The van der Waals surface area contributed by atoms with E-state index >= 15 is 0 Å². The standard InChI is InChI=1S/C13H15N3O2/c17-9-11(8-10-4-2-1-3-5-10)15-13(18)12-6-7-14-16-12/h1-7,11,17H,8-9H2,(H,14,16)(H,15,18)/t11-/m1/s1. The number of aromatic nitrogens is 2. The molecule has 0 saturated carbocycles. The van der Waals surface area contributed by atoms with Crippen LogP contribution in [0.25, 0.3) is 0 Å². The summed E-state index contributed by atoms with van der Waals surface area (Å²) in [5, 5.41) is 18.3. The van der Waals surface area contributed by atoms with Gasteiger partial charge in [0.05, 0.1) is 12.6 Å². The topological polar surface area (TPSA) is 78.0 Å². The van der Waals surface area contributed by atoms with Gasteiger partial charge in [-0.2, -0.15) is 5.10 Å². The Morgan fingerprint density at radius 1 is 1.33 bits per heavy atom. The van der Waals surface area contributed by atoms with Crippen LogP contribution in [-0.2, 0) is 6.42 Å². The molecule has 1 atom stereocenters. The van der Waals surface area contributed by atoms with Gasteiger partial charge < -0.3 is 10.4 Å². The van der Waals surface area contributed by atoms with Gasteiger partial charge in [0, 0.05) is 6.20 Å². The molecule has 94 valence electrons. The first-order valence-electron chi connectivity index (χ1n) is 5.74. The number of aromatic amines is 1. The van der Waals surface area contributed by atoms with Crippen LogP contribution in [0, 0.1) is 0 Å². The lowest BCUT2D eigenvalue weighted by molar-refractivity contribution is 0.0911. The molecule has 0 aliphatic rings. The summed E-state index contributed by atoms with van der Waals surface area (Å²) in [6, 6.07) is 11.0. The van der Waals surface area contributed by atoms with Crippen molar-refractivity contribution >= 4 is 5.91 Å². The Morgan fingerprint density at radius 3 is 2.72 bits per heavy atom. The van der Waals surface area contributed by atoms with Crippen molar-refractivity contribution in [2.24, 2.45) is 0 Å². The molecule has 1 amide bonds. The second-order valence-electron chi connectivity index (χ2n) is 4.01. The normalized spacial score (nSPS) is 12.1. The maximum Gasteiger partial charge on any atom is 0.269 e. The average molecular weight is 245 g/mol. The fraction of sp³-hybridized carbons (Fsp3) is 0.231. The van der Waals surface area contributed by atoms with Crippen molar-refractivity contribution in [1.82, 2.24) is 15.5 Å². The van der Waals surface area contributed by atoms with E-state index in [1.54, 1.807) is 6.07 Å². The van der Waals surface area contributed by atoms with Gasteiger partial charge in [0.1, 0.15) is 5.69 Å². The fourth-order valence-corrected chi connectivity index (χ4v) is 1.71. The monoisotopic (exact) mass is 245 g/mol. The van der Waals surface area contributed by atoms with Gasteiger partial charge in [-0.05, 0) is 18.1 Å². The highest BCUT2D eigenvalue weighted by Gasteiger charge is 2.14. The van der Waals surface area contributed by atoms with Gasteiger partial charge in [-0.3, -0.25) is 9.89 Å². The number of carbonyl (C=O) groups excluding carboxylic acids is 1. The number of amides is 1. The molecule has 0 saturated heterocycles. The number of H-pyrrole nitrogens is 1. The van der Waals surface area contributed by atoms with Crippen LogP contribution < -0.4 is 5.32 Å². The summed E-state index contributed by atoms with van der Waals surface area (Å²) in [6.07, 6.45) is 2.11. The molecule has 0 radical (unpaired) electrons. The van der Waals surface area contributed by atoms with Crippen LogP contribution in [0.1, 0.15) is 16.1 Å². The molecule has 0 aliphatic carbocycles.